The summed E-state index contributed by atoms with van der Waals surface area (Å²) >= 11 is 7.00. The monoisotopic (exact) mass is 397 g/mol. The first-order chi connectivity index (χ1) is 11.9. The average Bonchev–Trinajstić information content (AvgIpc) is 2.56. The molecule has 0 radical (unpaired) electrons. The van der Waals surface area contributed by atoms with Crippen LogP contribution in [0.2, 0.25) is 5.02 Å². The molecule has 0 unspecified atom stereocenters. The van der Waals surface area contributed by atoms with Gasteiger partial charge >= 0.3 is 0 Å². The van der Waals surface area contributed by atoms with E-state index in [0.29, 0.717) is 18.1 Å². The molecule has 0 aliphatic heterocycles. The van der Waals surface area contributed by atoms with Crippen molar-refractivity contribution >= 4 is 45.7 Å². The second-order valence-corrected chi connectivity index (χ2v) is 8.88. The van der Waals surface area contributed by atoms with E-state index in [1.54, 1.807) is 12.3 Å². The summed E-state index contributed by atoms with van der Waals surface area (Å²) in [6.07, 6.45) is 2.88. The fourth-order valence-corrected chi connectivity index (χ4v) is 3.72. The molecule has 0 aliphatic rings. The van der Waals surface area contributed by atoms with Crippen LogP contribution in [-0.4, -0.2) is 31.1 Å². The van der Waals surface area contributed by atoms with Gasteiger partial charge in [-0.15, -0.1) is 3.71 Å². The lowest BCUT2D eigenvalue weighted by Crippen LogP contribution is -2.27. The van der Waals surface area contributed by atoms with Crippen molar-refractivity contribution in [3.8, 4) is 0 Å². The second kappa shape index (κ2) is 9.35. The summed E-state index contributed by atoms with van der Waals surface area (Å²) in [7, 11) is -3.34. The molecule has 0 spiro atoms. The summed E-state index contributed by atoms with van der Waals surface area (Å²) < 4.78 is 28.1. The van der Waals surface area contributed by atoms with Gasteiger partial charge in [0.25, 0.3) is 0 Å². The number of nitrogens with zero attached hydrogens (tertiary/aromatic N) is 2. The standard InChI is InChI=1S/C17H20ClN3O2S2/c1-14-8-9-16(18)12-17(14)19-10-11-20-24-21(25(2,22)23)13-15-6-4-3-5-7-15/h3-10,12,20H,11,13H2,1-2H3. The van der Waals surface area contributed by atoms with E-state index in [2.05, 4.69) is 9.71 Å². The maximum atomic E-state index is 11.9. The zero-order chi connectivity index (χ0) is 18.3. The van der Waals surface area contributed by atoms with Crippen LogP contribution in [0, 0.1) is 6.92 Å². The number of benzene rings is 2. The summed E-state index contributed by atoms with van der Waals surface area (Å²) in [6.45, 7) is 2.66. The quantitative estimate of drug-likeness (QED) is 0.416. The summed E-state index contributed by atoms with van der Waals surface area (Å²) in [4.78, 5) is 4.36. The molecule has 2 rings (SSSR count). The molecule has 2 aromatic rings. The topological polar surface area (TPSA) is 61.8 Å². The highest BCUT2D eigenvalue weighted by molar-refractivity contribution is 8.07. The third-order valence-electron chi connectivity index (χ3n) is 3.27. The van der Waals surface area contributed by atoms with Crippen molar-refractivity contribution in [1.29, 1.82) is 0 Å². The third-order valence-corrected chi connectivity index (χ3v) is 6.04. The third kappa shape index (κ3) is 6.80. The van der Waals surface area contributed by atoms with E-state index in [1.807, 2.05) is 49.4 Å². The van der Waals surface area contributed by atoms with Gasteiger partial charge in [-0.05, 0) is 30.2 Å². The largest absolute Gasteiger partial charge is 0.260 e. The number of nitrogens with one attached hydrogen (secondary N) is 1. The highest BCUT2D eigenvalue weighted by Gasteiger charge is 2.17. The molecule has 0 saturated heterocycles. The number of hydrogen-bond donors (Lipinski definition) is 1. The van der Waals surface area contributed by atoms with Crippen LogP contribution in [0.1, 0.15) is 11.1 Å². The highest BCUT2D eigenvalue weighted by atomic mass is 35.5. The average molecular weight is 398 g/mol. The SMILES string of the molecule is Cc1ccc(Cl)cc1N=CCNSN(Cc1ccccc1)S(C)(=O)=O. The number of aryl methyl sites for hydroxylation is 1. The molecular formula is C17H20ClN3O2S2. The maximum Gasteiger partial charge on any atom is 0.221 e. The Morgan fingerprint density at radius 1 is 1.24 bits per heavy atom. The van der Waals surface area contributed by atoms with Gasteiger partial charge < -0.3 is 0 Å². The molecule has 5 nitrogen and oxygen atoms in total. The predicted octanol–water partition coefficient (Wildman–Crippen LogP) is 3.97. The van der Waals surface area contributed by atoms with Crippen LogP contribution in [0.4, 0.5) is 5.69 Å². The lowest BCUT2D eigenvalue weighted by atomic mass is 10.2. The lowest BCUT2D eigenvalue weighted by Gasteiger charge is -2.18. The minimum absolute atomic E-state index is 0.294. The molecule has 0 saturated carbocycles. The van der Waals surface area contributed by atoms with Crippen molar-refractivity contribution in [1.82, 2.24) is 8.43 Å². The molecule has 0 bridgehead atoms. The van der Waals surface area contributed by atoms with Gasteiger partial charge in [0.15, 0.2) is 0 Å². The number of aliphatic imine (C=N–C) groups is 1. The van der Waals surface area contributed by atoms with Gasteiger partial charge in [0.2, 0.25) is 10.0 Å². The van der Waals surface area contributed by atoms with Crippen molar-refractivity contribution in [3.05, 3.63) is 64.7 Å². The van der Waals surface area contributed by atoms with E-state index in [-0.39, 0.29) is 0 Å². The van der Waals surface area contributed by atoms with Gasteiger partial charge in [-0.3, -0.25) is 4.99 Å². The van der Waals surface area contributed by atoms with Gasteiger partial charge in [-0.2, -0.15) is 0 Å². The Morgan fingerprint density at radius 3 is 2.64 bits per heavy atom. The number of hydrogen-bond acceptors (Lipinski definition) is 5. The molecule has 0 aliphatic carbocycles. The maximum absolute atomic E-state index is 11.9. The number of halogens is 1. The van der Waals surface area contributed by atoms with Crippen LogP contribution in [0.25, 0.3) is 0 Å². The van der Waals surface area contributed by atoms with Crippen LogP contribution >= 0.6 is 23.7 Å². The van der Waals surface area contributed by atoms with Crippen LogP contribution in [0.3, 0.4) is 0 Å². The predicted molar refractivity (Wildman–Crippen MR) is 107 cm³/mol. The summed E-state index contributed by atoms with van der Waals surface area (Å²) in [5.74, 6) is 0. The number of rotatable bonds is 8. The number of sulfonamides is 1. The van der Waals surface area contributed by atoms with E-state index >= 15 is 0 Å². The van der Waals surface area contributed by atoms with Gasteiger partial charge in [-0.25, -0.2) is 13.1 Å². The van der Waals surface area contributed by atoms with Gasteiger partial charge in [0, 0.05) is 29.9 Å². The highest BCUT2D eigenvalue weighted by Crippen LogP contribution is 2.22. The first-order valence-corrected chi connectivity index (χ1v) is 10.6. The van der Waals surface area contributed by atoms with E-state index in [0.717, 1.165) is 28.9 Å². The zero-order valence-electron chi connectivity index (χ0n) is 14.0. The van der Waals surface area contributed by atoms with E-state index < -0.39 is 10.0 Å². The summed E-state index contributed by atoms with van der Waals surface area (Å²) in [5.41, 5.74) is 2.74. The van der Waals surface area contributed by atoms with Crippen molar-refractivity contribution in [3.63, 3.8) is 0 Å². The first kappa shape index (κ1) is 19.9. The van der Waals surface area contributed by atoms with Crippen molar-refractivity contribution < 1.29 is 8.42 Å². The van der Waals surface area contributed by atoms with Gasteiger partial charge in [0.05, 0.1) is 18.5 Å². The molecule has 0 heterocycles. The van der Waals surface area contributed by atoms with E-state index in [4.69, 9.17) is 11.6 Å². The minimum Gasteiger partial charge on any atom is -0.260 e. The second-order valence-electron chi connectivity index (χ2n) is 5.39. The Morgan fingerprint density at radius 2 is 1.96 bits per heavy atom. The first-order valence-electron chi connectivity index (χ1n) is 7.56. The van der Waals surface area contributed by atoms with Crippen molar-refractivity contribution in [2.75, 3.05) is 12.8 Å². The van der Waals surface area contributed by atoms with Crippen molar-refractivity contribution in [2.24, 2.45) is 4.99 Å². The fraction of sp³-hybridized carbons (Fsp3) is 0.235. The van der Waals surface area contributed by atoms with Crippen molar-refractivity contribution in [2.45, 2.75) is 13.5 Å². The minimum atomic E-state index is -3.34. The van der Waals surface area contributed by atoms with Crippen LogP contribution in [0.15, 0.2) is 53.5 Å². The van der Waals surface area contributed by atoms with Crippen LogP contribution < -0.4 is 4.72 Å². The molecule has 0 fully saturated rings. The molecule has 0 aromatic heterocycles. The normalized spacial score (nSPS) is 12.2. The molecule has 8 heteroatoms. The molecule has 2 aromatic carbocycles. The summed E-state index contributed by atoms with van der Waals surface area (Å²) in [5, 5.41) is 0.631. The molecule has 0 amide bonds. The molecule has 134 valence electrons. The Bertz CT molecular complexity index is 827. The van der Waals surface area contributed by atoms with Gasteiger partial charge in [-0.1, -0.05) is 48.0 Å². The van der Waals surface area contributed by atoms with Gasteiger partial charge in [0.1, 0.15) is 0 Å². The Kier molecular flexibility index (Phi) is 7.46. The lowest BCUT2D eigenvalue weighted by molar-refractivity contribution is 0.546. The Hall–Kier alpha value is -1.38. The van der Waals surface area contributed by atoms with Crippen LogP contribution in [0.5, 0.6) is 0 Å². The Labute approximate surface area is 158 Å². The molecular weight excluding hydrogens is 378 g/mol. The van der Waals surface area contributed by atoms with Crippen LogP contribution in [-0.2, 0) is 16.6 Å². The summed E-state index contributed by atoms with van der Waals surface area (Å²) in [6, 6.07) is 15.0. The molecule has 25 heavy (non-hydrogen) atoms. The molecule has 0 atom stereocenters. The van der Waals surface area contributed by atoms with E-state index in [1.165, 1.54) is 9.97 Å². The fourth-order valence-electron chi connectivity index (χ4n) is 1.96. The smallest absolute Gasteiger partial charge is 0.221 e. The van der Waals surface area contributed by atoms with E-state index in [9.17, 15) is 8.42 Å². The Balaban J connectivity index is 1.91. The zero-order valence-corrected chi connectivity index (χ0v) is 16.4. The molecule has 1 N–H and O–H groups in total.